The Hall–Kier alpha value is -1.13. The number of nitrogens with two attached hydrogens (primary N) is 1. The minimum absolute atomic E-state index is 0.0602. The number of aryl methyl sites for hydroxylation is 1. The summed E-state index contributed by atoms with van der Waals surface area (Å²) in [5.74, 6) is 0. The zero-order chi connectivity index (χ0) is 13.8. The summed E-state index contributed by atoms with van der Waals surface area (Å²) in [5.41, 5.74) is 8.66. The molecule has 0 aliphatic heterocycles. The van der Waals surface area contributed by atoms with Gasteiger partial charge < -0.3 is 5.73 Å². The van der Waals surface area contributed by atoms with E-state index < -0.39 is 0 Å². The van der Waals surface area contributed by atoms with Crippen LogP contribution in [0.5, 0.6) is 0 Å². The van der Waals surface area contributed by atoms with Crippen molar-refractivity contribution in [1.82, 2.24) is 9.78 Å². The second-order valence-electron chi connectivity index (χ2n) is 5.04. The van der Waals surface area contributed by atoms with Gasteiger partial charge in [0.1, 0.15) is 0 Å². The van der Waals surface area contributed by atoms with Crippen LogP contribution in [0.1, 0.15) is 54.9 Å². The Morgan fingerprint density at radius 1 is 1.32 bits per heavy atom. The average Bonchev–Trinajstić information content (AvgIpc) is 3.00. The van der Waals surface area contributed by atoms with Crippen LogP contribution in [0.3, 0.4) is 0 Å². The Labute approximate surface area is 119 Å². The fourth-order valence-corrected chi connectivity index (χ4v) is 3.37. The molecule has 4 heteroatoms. The van der Waals surface area contributed by atoms with Crippen LogP contribution in [-0.4, -0.2) is 9.78 Å². The van der Waals surface area contributed by atoms with Crippen LogP contribution in [-0.2, 0) is 6.42 Å². The molecule has 0 spiro atoms. The van der Waals surface area contributed by atoms with Crippen molar-refractivity contribution in [3.63, 3.8) is 0 Å². The highest BCUT2D eigenvalue weighted by Gasteiger charge is 2.14. The van der Waals surface area contributed by atoms with Gasteiger partial charge >= 0.3 is 0 Å². The summed E-state index contributed by atoms with van der Waals surface area (Å²) in [6.07, 6.45) is 5.14. The summed E-state index contributed by atoms with van der Waals surface area (Å²) < 4.78 is 2.09. The number of thiophene rings is 1. The molecule has 0 fully saturated rings. The molecule has 0 amide bonds. The second-order valence-corrected chi connectivity index (χ2v) is 5.98. The van der Waals surface area contributed by atoms with E-state index in [0.29, 0.717) is 6.04 Å². The average molecular weight is 277 g/mol. The molecule has 19 heavy (non-hydrogen) atoms. The normalized spacial score (nSPS) is 13.1. The summed E-state index contributed by atoms with van der Waals surface area (Å²) in [4.78, 5) is 1.28. The highest BCUT2D eigenvalue weighted by atomic mass is 32.1. The van der Waals surface area contributed by atoms with E-state index in [0.717, 1.165) is 25.0 Å². The Kier molecular flexibility index (Phi) is 4.77. The van der Waals surface area contributed by atoms with E-state index in [1.807, 2.05) is 0 Å². The molecule has 0 radical (unpaired) electrons. The molecule has 2 heterocycles. The lowest BCUT2D eigenvalue weighted by molar-refractivity contribution is 0.424. The van der Waals surface area contributed by atoms with Gasteiger partial charge in [0.2, 0.25) is 0 Å². The SMILES string of the molecule is CCC(CC)n1ccc(CC(N)c2sccc2C)n1. The van der Waals surface area contributed by atoms with Crippen LogP contribution in [0.15, 0.2) is 23.7 Å². The van der Waals surface area contributed by atoms with Crippen LogP contribution < -0.4 is 5.73 Å². The third-order valence-electron chi connectivity index (χ3n) is 3.65. The predicted octanol–water partition coefficient (Wildman–Crippen LogP) is 3.86. The van der Waals surface area contributed by atoms with Crippen molar-refractivity contribution in [3.8, 4) is 0 Å². The first kappa shape index (κ1) is 14.3. The Morgan fingerprint density at radius 3 is 2.63 bits per heavy atom. The van der Waals surface area contributed by atoms with E-state index in [4.69, 9.17) is 5.73 Å². The minimum atomic E-state index is 0.0602. The van der Waals surface area contributed by atoms with Gasteiger partial charge in [0.25, 0.3) is 0 Å². The molecule has 0 aromatic carbocycles. The number of rotatable bonds is 6. The van der Waals surface area contributed by atoms with Crippen LogP contribution >= 0.6 is 11.3 Å². The van der Waals surface area contributed by atoms with Gasteiger partial charge in [-0.15, -0.1) is 11.3 Å². The molecule has 2 aromatic heterocycles. The van der Waals surface area contributed by atoms with Gasteiger partial charge in [-0.1, -0.05) is 13.8 Å². The maximum atomic E-state index is 6.28. The first-order valence-electron chi connectivity index (χ1n) is 6.99. The van der Waals surface area contributed by atoms with Crippen LogP contribution in [0.25, 0.3) is 0 Å². The highest BCUT2D eigenvalue weighted by molar-refractivity contribution is 7.10. The molecule has 0 saturated carbocycles. The van der Waals surface area contributed by atoms with Crippen LogP contribution in [0.4, 0.5) is 0 Å². The summed E-state index contributed by atoms with van der Waals surface area (Å²) in [6, 6.07) is 4.79. The van der Waals surface area contributed by atoms with Crippen LogP contribution in [0, 0.1) is 6.92 Å². The molecule has 0 bridgehead atoms. The van der Waals surface area contributed by atoms with E-state index >= 15 is 0 Å². The lowest BCUT2D eigenvalue weighted by Crippen LogP contribution is -2.14. The molecule has 3 nitrogen and oxygen atoms in total. The predicted molar refractivity (Wildman–Crippen MR) is 81.5 cm³/mol. The molecule has 0 aliphatic carbocycles. The molecule has 2 aromatic rings. The number of hydrogen-bond acceptors (Lipinski definition) is 3. The molecule has 1 atom stereocenters. The molecular formula is C15H23N3S. The number of hydrogen-bond donors (Lipinski definition) is 1. The van der Waals surface area contributed by atoms with Gasteiger partial charge in [-0.25, -0.2) is 0 Å². The number of nitrogens with zero attached hydrogens (tertiary/aromatic N) is 2. The molecular weight excluding hydrogens is 254 g/mol. The largest absolute Gasteiger partial charge is 0.323 e. The lowest BCUT2D eigenvalue weighted by Gasteiger charge is -2.13. The van der Waals surface area contributed by atoms with E-state index in [-0.39, 0.29) is 6.04 Å². The molecule has 2 N–H and O–H groups in total. The quantitative estimate of drug-likeness (QED) is 0.871. The van der Waals surface area contributed by atoms with Crippen molar-refractivity contribution in [2.45, 2.75) is 52.1 Å². The van der Waals surface area contributed by atoms with Crippen molar-refractivity contribution < 1.29 is 0 Å². The summed E-state index contributed by atoms with van der Waals surface area (Å²) >= 11 is 1.74. The van der Waals surface area contributed by atoms with Crippen molar-refractivity contribution in [2.24, 2.45) is 5.73 Å². The summed E-state index contributed by atoms with van der Waals surface area (Å²) in [6.45, 7) is 6.53. The Balaban J connectivity index is 2.06. The Morgan fingerprint density at radius 2 is 2.05 bits per heavy atom. The second kappa shape index (κ2) is 6.35. The topological polar surface area (TPSA) is 43.8 Å². The van der Waals surface area contributed by atoms with Gasteiger partial charge in [-0.3, -0.25) is 4.68 Å². The highest BCUT2D eigenvalue weighted by Crippen LogP contribution is 2.25. The summed E-state index contributed by atoms with van der Waals surface area (Å²) in [5, 5.41) is 6.78. The first-order chi connectivity index (χ1) is 9.15. The van der Waals surface area contributed by atoms with E-state index in [9.17, 15) is 0 Å². The van der Waals surface area contributed by atoms with Gasteiger partial charge in [-0.05, 0) is 42.8 Å². The first-order valence-corrected chi connectivity index (χ1v) is 7.87. The van der Waals surface area contributed by atoms with Gasteiger partial charge in [0.05, 0.1) is 11.7 Å². The van der Waals surface area contributed by atoms with Gasteiger partial charge in [0.15, 0.2) is 0 Å². The zero-order valence-corrected chi connectivity index (χ0v) is 12.8. The third kappa shape index (κ3) is 3.25. The van der Waals surface area contributed by atoms with Crippen molar-refractivity contribution in [2.75, 3.05) is 0 Å². The molecule has 0 aliphatic rings. The zero-order valence-electron chi connectivity index (χ0n) is 12.0. The fourth-order valence-electron chi connectivity index (χ4n) is 2.43. The van der Waals surface area contributed by atoms with Gasteiger partial charge in [-0.2, -0.15) is 5.10 Å². The Bertz CT molecular complexity index is 511. The van der Waals surface area contributed by atoms with Crippen molar-refractivity contribution >= 4 is 11.3 Å². The third-order valence-corrected chi connectivity index (χ3v) is 4.80. The minimum Gasteiger partial charge on any atom is -0.323 e. The molecule has 0 saturated heterocycles. The van der Waals surface area contributed by atoms with E-state index in [1.54, 1.807) is 11.3 Å². The van der Waals surface area contributed by atoms with Gasteiger partial charge in [0, 0.05) is 23.5 Å². The standard InChI is InChI=1S/C15H23N3S/c1-4-13(5-2)18-8-6-12(17-18)10-14(16)15-11(3)7-9-19-15/h6-9,13-14H,4-5,10,16H2,1-3H3. The lowest BCUT2D eigenvalue weighted by atomic mass is 10.1. The molecule has 2 rings (SSSR count). The maximum Gasteiger partial charge on any atom is 0.0643 e. The van der Waals surface area contributed by atoms with E-state index in [1.165, 1.54) is 10.4 Å². The fraction of sp³-hybridized carbons (Fsp3) is 0.533. The maximum absolute atomic E-state index is 6.28. The molecule has 1 unspecified atom stereocenters. The van der Waals surface area contributed by atoms with Crippen molar-refractivity contribution in [3.05, 3.63) is 39.8 Å². The summed E-state index contributed by atoms with van der Waals surface area (Å²) in [7, 11) is 0. The number of aromatic nitrogens is 2. The monoisotopic (exact) mass is 277 g/mol. The van der Waals surface area contributed by atoms with Crippen molar-refractivity contribution in [1.29, 1.82) is 0 Å². The smallest absolute Gasteiger partial charge is 0.0643 e. The van der Waals surface area contributed by atoms with E-state index in [2.05, 4.69) is 54.3 Å². The molecule has 104 valence electrons. The van der Waals surface area contributed by atoms with Crippen LogP contribution in [0.2, 0.25) is 0 Å².